The highest BCUT2D eigenvalue weighted by atomic mass is 19.1. The van der Waals surface area contributed by atoms with E-state index in [1.165, 1.54) is 0 Å². The van der Waals surface area contributed by atoms with Crippen molar-refractivity contribution in [3.8, 4) is 0 Å². The monoisotopic (exact) mass is 227 g/mol. The third kappa shape index (κ3) is 1.04. The van der Waals surface area contributed by atoms with Crippen LogP contribution in [0.2, 0.25) is 0 Å². The molecule has 3 fully saturated rings. The first-order valence-electron chi connectivity index (χ1n) is 6.16. The van der Waals surface area contributed by atoms with Gasteiger partial charge in [0.25, 0.3) is 0 Å². The smallest absolute Gasteiger partial charge is 0.303 e. The Morgan fingerprint density at radius 2 is 2.19 bits per heavy atom. The van der Waals surface area contributed by atoms with Crippen LogP contribution in [0.3, 0.4) is 0 Å². The molecule has 90 valence electrons. The molecule has 3 saturated carbocycles. The molecular weight excluding hydrogens is 209 g/mol. The standard InChI is InChI=1S/C12H18FNO2/c13-9-3-8-11-6(9)1-2-7(11)12(8,5-14)4-10(15)16/h6-9,11H,1-5,14H2,(H,15,16)/t6-,7-,8+,9-,11+,12+/m0/s1. The van der Waals surface area contributed by atoms with Gasteiger partial charge in [-0.1, -0.05) is 0 Å². The van der Waals surface area contributed by atoms with Crippen molar-refractivity contribution in [2.75, 3.05) is 6.54 Å². The van der Waals surface area contributed by atoms with Gasteiger partial charge in [-0.3, -0.25) is 4.79 Å². The number of carboxylic acids is 1. The van der Waals surface area contributed by atoms with Gasteiger partial charge >= 0.3 is 5.97 Å². The van der Waals surface area contributed by atoms with Crippen molar-refractivity contribution in [3.63, 3.8) is 0 Å². The van der Waals surface area contributed by atoms with Crippen LogP contribution in [0.4, 0.5) is 4.39 Å². The van der Waals surface area contributed by atoms with Crippen LogP contribution in [0.1, 0.15) is 25.7 Å². The second-order valence-electron chi connectivity index (χ2n) is 5.79. The number of halogens is 1. The van der Waals surface area contributed by atoms with Crippen molar-refractivity contribution in [2.45, 2.75) is 31.9 Å². The Hall–Kier alpha value is -0.640. The largest absolute Gasteiger partial charge is 0.481 e. The van der Waals surface area contributed by atoms with E-state index >= 15 is 0 Å². The average Bonchev–Trinajstić information content (AvgIpc) is 2.73. The topological polar surface area (TPSA) is 63.3 Å². The fourth-order valence-corrected chi connectivity index (χ4v) is 4.99. The Balaban J connectivity index is 1.89. The molecule has 0 heterocycles. The number of carboxylic acid groups (broad SMARTS) is 1. The van der Waals surface area contributed by atoms with Gasteiger partial charge in [-0.25, -0.2) is 4.39 Å². The van der Waals surface area contributed by atoms with Gasteiger partial charge in [0, 0.05) is 0 Å². The van der Waals surface area contributed by atoms with E-state index in [-0.39, 0.29) is 23.7 Å². The molecule has 0 bridgehead atoms. The summed E-state index contributed by atoms with van der Waals surface area (Å²) in [6.45, 7) is 0.407. The summed E-state index contributed by atoms with van der Waals surface area (Å²) in [5, 5.41) is 9.01. The number of alkyl halides is 1. The van der Waals surface area contributed by atoms with Crippen LogP contribution in [0.5, 0.6) is 0 Å². The van der Waals surface area contributed by atoms with Crippen LogP contribution in [-0.4, -0.2) is 23.8 Å². The lowest BCUT2D eigenvalue weighted by Gasteiger charge is -2.57. The first kappa shape index (κ1) is 10.5. The summed E-state index contributed by atoms with van der Waals surface area (Å²) < 4.78 is 13.8. The molecule has 0 aromatic carbocycles. The van der Waals surface area contributed by atoms with E-state index in [9.17, 15) is 9.18 Å². The predicted octanol–water partition coefficient (Wildman–Crippen LogP) is 1.42. The van der Waals surface area contributed by atoms with Gasteiger partial charge in [0.1, 0.15) is 6.17 Å². The summed E-state index contributed by atoms with van der Waals surface area (Å²) >= 11 is 0. The van der Waals surface area contributed by atoms with E-state index in [1.54, 1.807) is 0 Å². The Labute approximate surface area is 94.2 Å². The Bertz CT molecular complexity index is 335. The van der Waals surface area contributed by atoms with E-state index < -0.39 is 12.1 Å². The Morgan fingerprint density at radius 3 is 2.81 bits per heavy atom. The van der Waals surface area contributed by atoms with Gasteiger partial charge in [-0.15, -0.1) is 0 Å². The lowest BCUT2D eigenvalue weighted by atomic mass is 9.47. The number of aliphatic carboxylic acids is 1. The molecule has 0 spiro atoms. The third-order valence-corrected chi connectivity index (χ3v) is 5.52. The number of hydrogen-bond donors (Lipinski definition) is 2. The predicted molar refractivity (Wildman–Crippen MR) is 56.4 cm³/mol. The van der Waals surface area contributed by atoms with Gasteiger partial charge in [0.15, 0.2) is 0 Å². The van der Waals surface area contributed by atoms with Crippen LogP contribution in [0, 0.1) is 29.1 Å². The highest BCUT2D eigenvalue weighted by molar-refractivity contribution is 5.68. The maximum Gasteiger partial charge on any atom is 0.303 e. The molecule has 0 aliphatic heterocycles. The van der Waals surface area contributed by atoms with Gasteiger partial charge in [-0.2, -0.15) is 0 Å². The quantitative estimate of drug-likeness (QED) is 0.766. The summed E-state index contributed by atoms with van der Waals surface area (Å²) in [5.41, 5.74) is 5.53. The van der Waals surface area contributed by atoms with Gasteiger partial charge in [0.05, 0.1) is 6.42 Å². The zero-order valence-corrected chi connectivity index (χ0v) is 9.23. The molecule has 4 heteroatoms. The molecule has 3 nitrogen and oxygen atoms in total. The molecule has 0 aromatic rings. The molecule has 6 atom stereocenters. The van der Waals surface area contributed by atoms with E-state index in [0.717, 1.165) is 12.8 Å². The number of hydrogen-bond acceptors (Lipinski definition) is 2. The second-order valence-corrected chi connectivity index (χ2v) is 5.79. The summed E-state index contributed by atoms with van der Waals surface area (Å²) in [7, 11) is 0. The minimum Gasteiger partial charge on any atom is -0.481 e. The van der Waals surface area contributed by atoms with Crippen molar-refractivity contribution in [2.24, 2.45) is 34.8 Å². The SMILES string of the molecule is NC[C@@]1(CC(=O)O)[C@@H]2C[C@H](F)[C@@H]3CC[C@H]1[C@@H]32. The zero-order valence-electron chi connectivity index (χ0n) is 9.23. The molecule has 16 heavy (non-hydrogen) atoms. The molecule has 3 aliphatic carbocycles. The second kappa shape index (κ2) is 3.19. The van der Waals surface area contributed by atoms with Gasteiger partial charge in [-0.05, 0) is 54.9 Å². The molecule has 0 aromatic heterocycles. The van der Waals surface area contributed by atoms with Crippen LogP contribution in [0.15, 0.2) is 0 Å². The fourth-order valence-electron chi connectivity index (χ4n) is 4.99. The Morgan fingerprint density at radius 1 is 1.44 bits per heavy atom. The van der Waals surface area contributed by atoms with Crippen molar-refractivity contribution >= 4 is 5.97 Å². The fraction of sp³-hybridized carbons (Fsp3) is 0.917. The van der Waals surface area contributed by atoms with Crippen LogP contribution >= 0.6 is 0 Å². The van der Waals surface area contributed by atoms with Crippen LogP contribution in [0.25, 0.3) is 0 Å². The van der Waals surface area contributed by atoms with Crippen LogP contribution < -0.4 is 5.73 Å². The summed E-state index contributed by atoms with van der Waals surface area (Å²) in [5.74, 6) is 0.487. The van der Waals surface area contributed by atoms with E-state index in [1.807, 2.05) is 0 Å². The normalized spacial score (nSPS) is 53.5. The highest BCUT2D eigenvalue weighted by Crippen LogP contribution is 2.72. The zero-order chi connectivity index (χ0) is 11.5. The Kier molecular flexibility index (Phi) is 2.09. The number of rotatable bonds is 3. The number of nitrogens with two attached hydrogens (primary N) is 1. The van der Waals surface area contributed by atoms with Crippen molar-refractivity contribution in [3.05, 3.63) is 0 Å². The summed E-state index contributed by atoms with van der Waals surface area (Å²) in [6.07, 6.45) is 1.90. The minimum atomic E-state index is -0.783. The van der Waals surface area contributed by atoms with Crippen LogP contribution in [-0.2, 0) is 4.79 Å². The maximum absolute atomic E-state index is 13.8. The molecule has 0 radical (unpaired) electrons. The van der Waals surface area contributed by atoms with Gasteiger partial charge < -0.3 is 10.8 Å². The summed E-state index contributed by atoms with van der Waals surface area (Å²) in [6, 6.07) is 0. The first-order chi connectivity index (χ1) is 7.60. The minimum absolute atomic E-state index is 0.134. The average molecular weight is 227 g/mol. The number of carbonyl (C=O) groups is 1. The molecular formula is C12H18FNO2. The molecule has 0 amide bonds. The summed E-state index contributed by atoms with van der Waals surface area (Å²) in [4.78, 5) is 11.0. The van der Waals surface area contributed by atoms with Gasteiger partial charge in [0.2, 0.25) is 0 Å². The van der Waals surface area contributed by atoms with E-state index in [4.69, 9.17) is 10.8 Å². The molecule has 3 rings (SSSR count). The maximum atomic E-state index is 13.8. The van der Waals surface area contributed by atoms with Crippen molar-refractivity contribution in [1.29, 1.82) is 0 Å². The highest BCUT2D eigenvalue weighted by Gasteiger charge is 2.70. The lowest BCUT2D eigenvalue weighted by molar-refractivity contribution is -0.153. The van der Waals surface area contributed by atoms with Crippen molar-refractivity contribution < 1.29 is 14.3 Å². The molecule has 0 unspecified atom stereocenters. The van der Waals surface area contributed by atoms with Crippen molar-refractivity contribution in [1.82, 2.24) is 0 Å². The van der Waals surface area contributed by atoms with E-state index in [0.29, 0.717) is 24.8 Å². The first-order valence-corrected chi connectivity index (χ1v) is 6.16. The molecule has 3 aliphatic rings. The molecule has 3 N–H and O–H groups in total. The van der Waals surface area contributed by atoms with E-state index in [2.05, 4.69) is 0 Å². The third-order valence-electron chi connectivity index (χ3n) is 5.52. The molecule has 0 saturated heterocycles. The lowest BCUT2D eigenvalue weighted by Crippen LogP contribution is -2.58.